The van der Waals surface area contributed by atoms with Gasteiger partial charge in [0.25, 0.3) is 0 Å². The number of anilines is 3. The van der Waals surface area contributed by atoms with Crippen molar-refractivity contribution >= 4 is 39.1 Å². The molecule has 0 atom stereocenters. The third-order valence-electron chi connectivity index (χ3n) is 5.46. The number of nitrogens with zero attached hydrogens (tertiary/aromatic N) is 4. The lowest BCUT2D eigenvalue weighted by atomic mass is 10.1. The molecule has 5 rings (SSSR count). The van der Waals surface area contributed by atoms with Crippen LogP contribution in [0.1, 0.15) is 0 Å². The zero-order valence-corrected chi connectivity index (χ0v) is 17.6. The minimum absolute atomic E-state index is 0.536. The molecule has 7 nitrogen and oxygen atoms in total. The van der Waals surface area contributed by atoms with Crippen LogP contribution in [0.2, 0.25) is 0 Å². The van der Waals surface area contributed by atoms with Crippen LogP contribution in [0.15, 0.2) is 67.1 Å². The Hall–Kier alpha value is -3.84. The van der Waals surface area contributed by atoms with E-state index in [4.69, 9.17) is 10.7 Å². The van der Waals surface area contributed by atoms with E-state index in [0.717, 1.165) is 57.5 Å². The number of aromatic amines is 1. The summed E-state index contributed by atoms with van der Waals surface area (Å²) in [4.78, 5) is 14.6. The Kier molecular flexibility index (Phi) is 4.80. The number of fused-ring (bicyclic) bond motifs is 2. The van der Waals surface area contributed by atoms with Gasteiger partial charge in [-0.1, -0.05) is 18.2 Å². The number of hydrogen-bond acceptors (Lipinski definition) is 5. The van der Waals surface area contributed by atoms with Gasteiger partial charge in [0.1, 0.15) is 0 Å². The highest BCUT2D eigenvalue weighted by Crippen LogP contribution is 2.30. The zero-order chi connectivity index (χ0) is 21.4. The van der Waals surface area contributed by atoms with E-state index in [1.54, 1.807) is 6.20 Å². The van der Waals surface area contributed by atoms with E-state index >= 15 is 0 Å². The Morgan fingerprint density at radius 2 is 2.00 bits per heavy atom. The third kappa shape index (κ3) is 3.71. The predicted octanol–water partition coefficient (Wildman–Crippen LogP) is 4.47. The minimum atomic E-state index is 0.536. The fourth-order valence-corrected chi connectivity index (χ4v) is 3.93. The Bertz CT molecular complexity index is 1360. The summed E-state index contributed by atoms with van der Waals surface area (Å²) in [5.74, 6) is 0.536. The number of rotatable bonds is 6. The average molecular weight is 412 g/mol. The van der Waals surface area contributed by atoms with Crippen LogP contribution in [-0.4, -0.2) is 45.1 Å². The van der Waals surface area contributed by atoms with Crippen LogP contribution >= 0.6 is 0 Å². The van der Waals surface area contributed by atoms with Crippen molar-refractivity contribution in [2.45, 2.75) is 6.54 Å². The van der Waals surface area contributed by atoms with Crippen LogP contribution in [-0.2, 0) is 6.54 Å². The molecule has 0 aliphatic heterocycles. The van der Waals surface area contributed by atoms with Gasteiger partial charge in [0, 0.05) is 59.2 Å². The molecule has 0 bridgehead atoms. The van der Waals surface area contributed by atoms with Crippen molar-refractivity contribution in [3.05, 3.63) is 67.1 Å². The number of nitrogens with two attached hydrogens (primary N) is 1. The van der Waals surface area contributed by atoms with Crippen molar-refractivity contribution in [2.75, 3.05) is 31.7 Å². The monoisotopic (exact) mass is 411 g/mol. The van der Waals surface area contributed by atoms with Crippen molar-refractivity contribution in [2.24, 2.45) is 0 Å². The normalized spacial score (nSPS) is 11.6. The van der Waals surface area contributed by atoms with Gasteiger partial charge in [0.2, 0.25) is 5.95 Å². The number of H-pyrrole nitrogens is 1. The second-order valence-corrected chi connectivity index (χ2v) is 7.95. The number of benzene rings is 2. The van der Waals surface area contributed by atoms with E-state index in [2.05, 4.69) is 69.3 Å². The van der Waals surface area contributed by atoms with Crippen LogP contribution in [0.3, 0.4) is 0 Å². The highest BCUT2D eigenvalue weighted by molar-refractivity contribution is 5.95. The van der Waals surface area contributed by atoms with E-state index in [9.17, 15) is 0 Å². The number of nitrogens with one attached hydrogen (secondary N) is 2. The lowest BCUT2D eigenvalue weighted by molar-refractivity contribution is 0.387. The van der Waals surface area contributed by atoms with Crippen LogP contribution < -0.4 is 11.1 Å². The van der Waals surface area contributed by atoms with Gasteiger partial charge in [0.05, 0.1) is 16.9 Å². The lowest BCUT2D eigenvalue weighted by Gasteiger charge is -2.13. The molecule has 0 amide bonds. The molecule has 0 spiro atoms. The topological polar surface area (TPSA) is 87.8 Å². The smallest absolute Gasteiger partial charge is 0.227 e. The van der Waals surface area contributed by atoms with Gasteiger partial charge in [-0.25, -0.2) is 9.97 Å². The molecule has 3 heterocycles. The Labute approximate surface area is 180 Å². The minimum Gasteiger partial charge on any atom is -0.397 e. The average Bonchev–Trinajstić information content (AvgIpc) is 3.37. The second kappa shape index (κ2) is 7.77. The number of hydrogen-bond donors (Lipinski definition) is 3. The number of likely N-dealkylation sites (N-methyl/N-ethyl adjacent to an activating group) is 1. The highest BCUT2D eigenvalue weighted by Gasteiger charge is 2.11. The first kappa shape index (κ1) is 19.1. The summed E-state index contributed by atoms with van der Waals surface area (Å²) in [5, 5.41) is 5.54. The van der Waals surface area contributed by atoms with Crippen LogP contribution in [0, 0.1) is 0 Å². The maximum Gasteiger partial charge on any atom is 0.227 e. The summed E-state index contributed by atoms with van der Waals surface area (Å²) in [5.41, 5.74) is 12.1. The summed E-state index contributed by atoms with van der Waals surface area (Å²) < 4.78 is 2.20. The summed E-state index contributed by atoms with van der Waals surface area (Å²) in [6, 6.07) is 16.2. The Morgan fingerprint density at radius 3 is 2.87 bits per heavy atom. The number of para-hydroxylation sites is 1. The lowest BCUT2D eigenvalue weighted by Crippen LogP contribution is -2.18. The zero-order valence-electron chi connectivity index (χ0n) is 17.6. The second-order valence-electron chi connectivity index (χ2n) is 7.95. The molecule has 31 heavy (non-hydrogen) atoms. The maximum absolute atomic E-state index is 6.41. The number of aromatic nitrogens is 4. The molecule has 4 N–H and O–H groups in total. The van der Waals surface area contributed by atoms with Crippen molar-refractivity contribution in [3.8, 4) is 11.3 Å². The molecular weight excluding hydrogens is 386 g/mol. The number of nitrogen functional groups attached to an aromatic ring is 1. The summed E-state index contributed by atoms with van der Waals surface area (Å²) >= 11 is 0. The van der Waals surface area contributed by atoms with Crippen molar-refractivity contribution in [1.82, 2.24) is 24.4 Å². The van der Waals surface area contributed by atoms with Gasteiger partial charge in [0.15, 0.2) is 0 Å². The quantitative estimate of drug-likeness (QED) is 0.359. The van der Waals surface area contributed by atoms with E-state index in [1.165, 1.54) is 0 Å². The fourth-order valence-electron chi connectivity index (χ4n) is 3.93. The fraction of sp³-hybridized carbons (Fsp3) is 0.167. The predicted molar refractivity (Wildman–Crippen MR) is 128 cm³/mol. The molecule has 0 aliphatic rings. The van der Waals surface area contributed by atoms with Gasteiger partial charge in [-0.05, 0) is 44.4 Å². The Balaban J connectivity index is 1.44. The van der Waals surface area contributed by atoms with Crippen LogP contribution in [0.25, 0.3) is 33.1 Å². The molecular formula is C24H25N7. The molecule has 0 radical (unpaired) electrons. The first-order valence-corrected chi connectivity index (χ1v) is 10.3. The molecule has 0 fully saturated rings. The van der Waals surface area contributed by atoms with Crippen LogP contribution in [0.5, 0.6) is 0 Å². The molecule has 3 aromatic heterocycles. The summed E-state index contributed by atoms with van der Waals surface area (Å²) in [7, 11) is 4.14. The standard InChI is InChI=1S/C24H25N7/c1-30(2)11-12-31-10-8-16-13-17(14-20(25)23(16)31)28-24-26-9-7-22(29-24)19-15-27-21-6-4-3-5-18(19)21/h3-10,13-15,27H,11-12,25H2,1-2H3,(H,26,28,29). The van der Waals surface area contributed by atoms with Gasteiger partial charge < -0.3 is 25.5 Å². The maximum atomic E-state index is 6.41. The molecule has 0 aliphatic carbocycles. The Morgan fingerprint density at radius 1 is 1.13 bits per heavy atom. The SMILES string of the molecule is CN(C)CCn1ccc2cc(Nc3nccc(-c4c[nH]c5ccccc45)n3)cc(N)c21. The highest BCUT2D eigenvalue weighted by atomic mass is 15.1. The summed E-state index contributed by atoms with van der Waals surface area (Å²) in [6.45, 7) is 1.85. The van der Waals surface area contributed by atoms with E-state index < -0.39 is 0 Å². The first-order valence-electron chi connectivity index (χ1n) is 10.3. The van der Waals surface area contributed by atoms with Crippen molar-refractivity contribution < 1.29 is 0 Å². The van der Waals surface area contributed by atoms with Crippen molar-refractivity contribution in [1.29, 1.82) is 0 Å². The van der Waals surface area contributed by atoms with E-state index in [-0.39, 0.29) is 0 Å². The van der Waals surface area contributed by atoms with Crippen LogP contribution in [0.4, 0.5) is 17.3 Å². The molecule has 0 saturated carbocycles. The van der Waals surface area contributed by atoms with Crippen molar-refractivity contribution in [3.63, 3.8) is 0 Å². The summed E-state index contributed by atoms with van der Waals surface area (Å²) in [6.07, 6.45) is 5.84. The molecule has 156 valence electrons. The van der Waals surface area contributed by atoms with Gasteiger partial charge >= 0.3 is 0 Å². The molecule has 0 unspecified atom stereocenters. The molecule has 5 aromatic rings. The largest absolute Gasteiger partial charge is 0.397 e. The van der Waals surface area contributed by atoms with Gasteiger partial charge in [-0.2, -0.15) is 0 Å². The van der Waals surface area contributed by atoms with Gasteiger partial charge in [-0.3, -0.25) is 0 Å². The molecule has 2 aromatic carbocycles. The first-order chi connectivity index (χ1) is 15.1. The van der Waals surface area contributed by atoms with E-state index in [1.807, 2.05) is 30.5 Å². The molecule has 0 saturated heterocycles. The molecule has 7 heteroatoms. The third-order valence-corrected chi connectivity index (χ3v) is 5.46. The van der Waals surface area contributed by atoms with E-state index in [0.29, 0.717) is 5.95 Å². The van der Waals surface area contributed by atoms with Gasteiger partial charge in [-0.15, -0.1) is 0 Å².